The molecule has 0 heterocycles. The van der Waals surface area contributed by atoms with Gasteiger partial charge in [-0.1, -0.05) is 32.6 Å². The minimum absolute atomic E-state index is 0. The second-order valence-electron chi connectivity index (χ2n) is 7.28. The summed E-state index contributed by atoms with van der Waals surface area (Å²) < 4.78 is 1.96. The molecule has 0 radical (unpaired) electrons. The Morgan fingerprint density at radius 3 is 1.31 bits per heavy atom. The Labute approximate surface area is 184 Å². The van der Waals surface area contributed by atoms with Crippen molar-refractivity contribution in [1.82, 2.24) is 0 Å². The molecule has 0 aliphatic heterocycles. The molecule has 0 spiro atoms. The maximum atomic E-state index is 9.72. The fourth-order valence-corrected chi connectivity index (χ4v) is 4.62. The fraction of sp³-hybridized carbons (Fsp3) is 1.00. The van der Waals surface area contributed by atoms with Crippen LogP contribution in [0.4, 0.5) is 0 Å². The topological polar surface area (TPSA) is 40.5 Å². The van der Waals surface area contributed by atoms with Crippen LogP contribution >= 0.6 is 0 Å². The molecule has 2 N–H and O–H groups in total. The highest BCUT2D eigenvalue weighted by molar-refractivity contribution is 4.57. The molecular weight excluding hydrogens is 460 g/mol. The van der Waals surface area contributed by atoms with Crippen LogP contribution in [0.15, 0.2) is 0 Å². The molecule has 0 aromatic rings. The lowest BCUT2D eigenvalue weighted by atomic mass is 10.0. The first-order chi connectivity index (χ1) is 11.6. The third-order valence-electron chi connectivity index (χ3n) is 6.44. The Bertz CT molecular complexity index is 278. The van der Waals surface area contributed by atoms with Crippen molar-refractivity contribution >= 4 is 0 Å². The molecule has 0 aliphatic carbocycles. The highest BCUT2D eigenvalue weighted by Gasteiger charge is 2.46. The van der Waals surface area contributed by atoms with Gasteiger partial charge in [-0.3, -0.25) is 8.97 Å². The summed E-state index contributed by atoms with van der Waals surface area (Å²) in [5, 5.41) is 19.4. The molecule has 0 amide bonds. The lowest BCUT2D eigenvalue weighted by Gasteiger charge is -2.52. The minimum atomic E-state index is 0. The summed E-state index contributed by atoms with van der Waals surface area (Å²) in [6.45, 7) is 17.7. The van der Waals surface area contributed by atoms with E-state index in [0.29, 0.717) is 6.17 Å². The van der Waals surface area contributed by atoms with E-state index in [1.165, 1.54) is 38.5 Å². The molecule has 0 aliphatic rings. The molecular formula is C20H46Br2N2O2. The normalized spacial score (nSPS) is 12.0. The SMILES string of the molecule is CCCCCCCC([N+](CC)(CC)CCO)[N+](CC)(CC)CCO.[Br-].[Br-]. The highest BCUT2D eigenvalue weighted by atomic mass is 79.9. The van der Waals surface area contributed by atoms with E-state index >= 15 is 0 Å². The van der Waals surface area contributed by atoms with Gasteiger partial charge in [0.05, 0.1) is 45.8 Å². The number of nitrogens with zero attached hydrogens (tertiary/aromatic N) is 2. The molecule has 0 saturated carbocycles. The average Bonchev–Trinajstić information content (AvgIpc) is 2.62. The van der Waals surface area contributed by atoms with Crippen molar-refractivity contribution in [1.29, 1.82) is 0 Å². The van der Waals surface area contributed by atoms with Gasteiger partial charge in [-0.05, 0) is 34.1 Å². The van der Waals surface area contributed by atoms with Crippen molar-refractivity contribution in [2.24, 2.45) is 0 Å². The van der Waals surface area contributed by atoms with Crippen molar-refractivity contribution < 1.29 is 53.1 Å². The lowest BCUT2D eigenvalue weighted by Crippen LogP contribution is -3.00. The Morgan fingerprint density at radius 1 is 0.615 bits per heavy atom. The summed E-state index contributed by atoms with van der Waals surface area (Å²) in [7, 11) is 0. The predicted octanol–water partition coefficient (Wildman–Crippen LogP) is -2.62. The Balaban J connectivity index is -0.00000264. The number of aliphatic hydroxyl groups is 2. The average molecular weight is 506 g/mol. The molecule has 0 atom stereocenters. The maximum Gasteiger partial charge on any atom is 0.216 e. The Morgan fingerprint density at radius 2 is 1.00 bits per heavy atom. The van der Waals surface area contributed by atoms with E-state index in [1.807, 2.05) is 0 Å². The van der Waals surface area contributed by atoms with Crippen molar-refractivity contribution in [3.8, 4) is 0 Å². The molecule has 162 valence electrons. The molecule has 0 aromatic heterocycles. The third-order valence-corrected chi connectivity index (χ3v) is 6.44. The van der Waals surface area contributed by atoms with E-state index in [0.717, 1.165) is 48.2 Å². The Kier molecular flexibility index (Phi) is 21.6. The van der Waals surface area contributed by atoms with Crippen molar-refractivity contribution in [2.45, 2.75) is 79.3 Å². The minimum Gasteiger partial charge on any atom is -1.00 e. The number of unbranched alkanes of at least 4 members (excludes halogenated alkanes) is 4. The molecule has 26 heavy (non-hydrogen) atoms. The van der Waals surface area contributed by atoms with Gasteiger partial charge in [0.15, 0.2) is 0 Å². The molecule has 0 rings (SSSR count). The van der Waals surface area contributed by atoms with Crippen LogP contribution in [-0.4, -0.2) is 77.8 Å². The van der Waals surface area contributed by atoms with Gasteiger partial charge in [-0.15, -0.1) is 0 Å². The third kappa shape index (κ3) is 8.87. The monoisotopic (exact) mass is 504 g/mol. The molecule has 0 saturated heterocycles. The summed E-state index contributed by atoms with van der Waals surface area (Å²) in [6, 6.07) is 0. The zero-order valence-electron chi connectivity index (χ0n) is 18.0. The van der Waals surface area contributed by atoms with Crippen LogP contribution in [0.5, 0.6) is 0 Å². The van der Waals surface area contributed by atoms with E-state index in [1.54, 1.807) is 0 Å². The quantitative estimate of drug-likeness (QED) is 0.137. The predicted molar refractivity (Wildman–Crippen MR) is 104 cm³/mol. The molecule has 0 unspecified atom stereocenters. The standard InChI is InChI=1S/C20H46N2O2.2BrH/c1-6-11-12-13-14-15-20(21(7-2,8-3)16-18-23)22(9-4,10-5)17-19-24;;/h20,23-24H,6-19H2,1-5H3;2*1H/q+2;;/p-2. The number of quaternary nitrogens is 2. The molecule has 0 aromatic carbocycles. The molecule has 0 bridgehead atoms. The van der Waals surface area contributed by atoms with Crippen molar-refractivity contribution in [3.05, 3.63) is 0 Å². The van der Waals surface area contributed by atoms with Crippen LogP contribution in [0.1, 0.15) is 73.1 Å². The molecule has 4 nitrogen and oxygen atoms in total. The number of halogens is 2. The number of hydrogen-bond donors (Lipinski definition) is 2. The smallest absolute Gasteiger partial charge is 0.216 e. The van der Waals surface area contributed by atoms with E-state index < -0.39 is 0 Å². The van der Waals surface area contributed by atoms with Crippen LogP contribution in [0, 0.1) is 0 Å². The van der Waals surface area contributed by atoms with Gasteiger partial charge in [-0.25, -0.2) is 0 Å². The van der Waals surface area contributed by atoms with Gasteiger partial charge < -0.3 is 44.2 Å². The van der Waals surface area contributed by atoms with Crippen LogP contribution in [0.25, 0.3) is 0 Å². The van der Waals surface area contributed by atoms with Gasteiger partial charge in [-0.2, -0.15) is 0 Å². The summed E-state index contributed by atoms with van der Waals surface area (Å²) >= 11 is 0. The van der Waals surface area contributed by atoms with Gasteiger partial charge in [0.25, 0.3) is 0 Å². The number of likely N-dealkylation sites (N-methyl/N-ethyl adjacent to an activating group) is 2. The van der Waals surface area contributed by atoms with E-state index in [-0.39, 0.29) is 47.2 Å². The maximum absolute atomic E-state index is 9.72. The highest BCUT2D eigenvalue weighted by Crippen LogP contribution is 2.29. The first-order valence-electron chi connectivity index (χ1n) is 10.5. The zero-order valence-corrected chi connectivity index (χ0v) is 21.2. The van der Waals surface area contributed by atoms with Gasteiger partial charge in [0.2, 0.25) is 6.17 Å². The van der Waals surface area contributed by atoms with Crippen LogP contribution in [0.2, 0.25) is 0 Å². The first-order valence-corrected chi connectivity index (χ1v) is 10.5. The van der Waals surface area contributed by atoms with Gasteiger partial charge >= 0.3 is 0 Å². The fourth-order valence-electron chi connectivity index (χ4n) is 4.62. The largest absolute Gasteiger partial charge is 1.00 e. The zero-order chi connectivity index (χ0) is 18.5. The van der Waals surface area contributed by atoms with Crippen LogP contribution < -0.4 is 34.0 Å². The first kappa shape index (κ1) is 31.5. The van der Waals surface area contributed by atoms with Crippen LogP contribution in [0.3, 0.4) is 0 Å². The van der Waals surface area contributed by atoms with E-state index in [2.05, 4.69) is 34.6 Å². The molecule has 6 heteroatoms. The van der Waals surface area contributed by atoms with Crippen molar-refractivity contribution in [3.63, 3.8) is 0 Å². The number of hydrogen-bond acceptors (Lipinski definition) is 2. The second kappa shape index (κ2) is 17.9. The number of aliphatic hydroxyl groups excluding tert-OH is 2. The summed E-state index contributed by atoms with van der Waals surface area (Å²) in [5.41, 5.74) is 0. The number of rotatable bonds is 16. The molecule has 0 fully saturated rings. The van der Waals surface area contributed by atoms with E-state index in [9.17, 15) is 10.2 Å². The summed E-state index contributed by atoms with van der Waals surface area (Å²) in [4.78, 5) is 0. The summed E-state index contributed by atoms with van der Waals surface area (Å²) in [5.74, 6) is 0. The van der Waals surface area contributed by atoms with Crippen molar-refractivity contribution in [2.75, 3.05) is 52.5 Å². The summed E-state index contributed by atoms with van der Waals surface area (Å²) in [6.07, 6.45) is 8.21. The van der Waals surface area contributed by atoms with Crippen LogP contribution in [-0.2, 0) is 0 Å². The Hall–Kier alpha value is 0.800. The van der Waals surface area contributed by atoms with Gasteiger partial charge in [0, 0.05) is 0 Å². The lowest BCUT2D eigenvalue weighted by molar-refractivity contribution is -1.13. The van der Waals surface area contributed by atoms with Gasteiger partial charge in [0.1, 0.15) is 13.1 Å². The second-order valence-corrected chi connectivity index (χ2v) is 7.28. The van der Waals surface area contributed by atoms with E-state index in [4.69, 9.17) is 0 Å².